The first-order valence-corrected chi connectivity index (χ1v) is 8.01. The third kappa shape index (κ3) is 3.26. The molecule has 0 spiro atoms. The summed E-state index contributed by atoms with van der Waals surface area (Å²) in [5.41, 5.74) is 0.280. The van der Waals surface area contributed by atoms with E-state index in [1.165, 1.54) is 0 Å². The van der Waals surface area contributed by atoms with E-state index in [1.54, 1.807) is 48.5 Å². The van der Waals surface area contributed by atoms with E-state index in [-0.39, 0.29) is 11.1 Å². The van der Waals surface area contributed by atoms with Crippen LogP contribution in [0, 0.1) is 0 Å². The van der Waals surface area contributed by atoms with Gasteiger partial charge in [0.1, 0.15) is 0 Å². The Hall–Kier alpha value is -3.66. The highest BCUT2D eigenvalue weighted by molar-refractivity contribution is 6.23. The highest BCUT2D eigenvalue weighted by Gasteiger charge is 2.20. The van der Waals surface area contributed by atoms with Crippen molar-refractivity contribution >= 4 is 33.5 Å². The molecule has 0 fully saturated rings. The van der Waals surface area contributed by atoms with Gasteiger partial charge < -0.3 is 10.2 Å². The van der Waals surface area contributed by atoms with Crippen LogP contribution < -0.4 is 0 Å². The average molecular weight is 344 g/mol. The predicted octanol–water partition coefficient (Wildman–Crippen LogP) is 5.08. The maximum atomic E-state index is 11.6. The summed E-state index contributed by atoms with van der Waals surface area (Å²) in [7, 11) is 0. The van der Waals surface area contributed by atoms with Crippen molar-refractivity contribution in [3.8, 4) is 0 Å². The Morgan fingerprint density at radius 3 is 0.885 bits per heavy atom. The number of rotatable bonds is 2. The number of carboxylic acid groups (broad SMARTS) is 2. The van der Waals surface area contributed by atoms with Crippen LogP contribution in [0.4, 0.5) is 0 Å². The summed E-state index contributed by atoms with van der Waals surface area (Å²) in [6.07, 6.45) is 0. The average Bonchev–Trinajstić information content (AvgIpc) is 2.67. The van der Waals surface area contributed by atoms with Crippen LogP contribution in [0.15, 0.2) is 84.9 Å². The third-order valence-corrected chi connectivity index (χ3v) is 4.03. The van der Waals surface area contributed by atoms with Crippen molar-refractivity contribution in [3.63, 3.8) is 0 Å². The lowest BCUT2D eigenvalue weighted by Gasteiger charge is -2.11. The number of hydrogen-bond acceptors (Lipinski definition) is 2. The first-order chi connectivity index (χ1) is 12.6. The second-order valence-electron chi connectivity index (χ2n) is 5.61. The molecule has 0 aromatic heterocycles. The lowest BCUT2D eigenvalue weighted by Crippen LogP contribution is -2.05. The molecule has 0 aliphatic heterocycles. The lowest BCUT2D eigenvalue weighted by molar-refractivity contribution is 0.0687. The van der Waals surface area contributed by atoms with Crippen LogP contribution in [0.5, 0.6) is 0 Å². The van der Waals surface area contributed by atoms with Crippen LogP contribution in [-0.4, -0.2) is 22.2 Å². The Morgan fingerprint density at radius 2 is 0.692 bits per heavy atom. The molecule has 0 aliphatic rings. The zero-order valence-electron chi connectivity index (χ0n) is 13.8. The lowest BCUT2D eigenvalue weighted by atomic mass is 9.92. The summed E-state index contributed by atoms with van der Waals surface area (Å²) in [5, 5.41) is 20.7. The summed E-state index contributed by atoms with van der Waals surface area (Å²) < 4.78 is 0. The number of carboxylic acids is 2. The van der Waals surface area contributed by atoms with Gasteiger partial charge in [0, 0.05) is 0 Å². The van der Waals surface area contributed by atoms with E-state index in [2.05, 4.69) is 0 Å². The molecule has 2 N–H and O–H groups in total. The van der Waals surface area contributed by atoms with Crippen molar-refractivity contribution in [2.75, 3.05) is 0 Å². The zero-order valence-corrected chi connectivity index (χ0v) is 13.8. The molecule has 0 saturated heterocycles. The van der Waals surface area contributed by atoms with Crippen LogP contribution in [0.1, 0.15) is 20.7 Å². The second-order valence-corrected chi connectivity index (χ2v) is 5.61. The molecule has 0 atom stereocenters. The summed E-state index contributed by atoms with van der Waals surface area (Å²) in [6.45, 7) is 0. The van der Waals surface area contributed by atoms with E-state index < -0.39 is 11.9 Å². The molecular formula is C22H16O4. The van der Waals surface area contributed by atoms with E-state index in [0.29, 0.717) is 21.5 Å². The molecule has 4 nitrogen and oxygen atoms in total. The van der Waals surface area contributed by atoms with Gasteiger partial charge in [-0.15, -0.1) is 0 Å². The van der Waals surface area contributed by atoms with E-state index in [9.17, 15) is 19.8 Å². The highest BCUT2D eigenvalue weighted by atomic mass is 16.4. The molecule has 4 heteroatoms. The Balaban J connectivity index is 0.000000278. The third-order valence-electron chi connectivity index (χ3n) is 4.03. The first kappa shape index (κ1) is 17.2. The molecule has 4 aromatic carbocycles. The largest absolute Gasteiger partial charge is 0.478 e. The van der Waals surface area contributed by atoms with Gasteiger partial charge in [-0.1, -0.05) is 84.9 Å². The maximum absolute atomic E-state index is 11.6. The molecule has 0 saturated carbocycles. The first-order valence-electron chi connectivity index (χ1n) is 8.01. The molecule has 0 bridgehead atoms. The summed E-state index contributed by atoms with van der Waals surface area (Å²) in [5.74, 6) is -2.12. The van der Waals surface area contributed by atoms with Crippen molar-refractivity contribution in [1.29, 1.82) is 0 Å². The molecule has 0 unspecified atom stereocenters. The van der Waals surface area contributed by atoms with Gasteiger partial charge in [0.15, 0.2) is 0 Å². The van der Waals surface area contributed by atoms with Crippen LogP contribution >= 0.6 is 0 Å². The molecule has 0 amide bonds. The summed E-state index contributed by atoms with van der Waals surface area (Å²) in [6, 6.07) is 25.4. The standard InChI is InChI=1S/C16H10O4.C6H6/c17-15(18)13-9-5-1-2-6-10(9)14(16(19)20)12-8-4-3-7-11(12)13;1-2-4-6-5-3-1/h1-8H,(H,17,18)(H,19,20);1-6H. The highest BCUT2D eigenvalue weighted by Crippen LogP contribution is 2.32. The Morgan fingerprint density at radius 1 is 0.462 bits per heavy atom. The van der Waals surface area contributed by atoms with E-state index in [4.69, 9.17) is 0 Å². The Labute approximate surface area is 149 Å². The minimum absolute atomic E-state index is 0.140. The minimum atomic E-state index is -1.06. The fourth-order valence-electron chi connectivity index (χ4n) is 2.97. The number of benzene rings is 4. The van der Waals surface area contributed by atoms with Crippen molar-refractivity contribution in [1.82, 2.24) is 0 Å². The van der Waals surface area contributed by atoms with Gasteiger partial charge in [0.25, 0.3) is 0 Å². The van der Waals surface area contributed by atoms with Crippen molar-refractivity contribution in [2.24, 2.45) is 0 Å². The van der Waals surface area contributed by atoms with E-state index in [0.717, 1.165) is 0 Å². The summed E-state index contributed by atoms with van der Waals surface area (Å²) in [4.78, 5) is 23.1. The molecular weight excluding hydrogens is 328 g/mol. The van der Waals surface area contributed by atoms with Crippen LogP contribution in [0.25, 0.3) is 21.5 Å². The minimum Gasteiger partial charge on any atom is -0.478 e. The maximum Gasteiger partial charge on any atom is 0.336 e. The van der Waals surface area contributed by atoms with Gasteiger partial charge in [-0.2, -0.15) is 0 Å². The Kier molecular flexibility index (Phi) is 4.94. The second kappa shape index (κ2) is 7.49. The van der Waals surface area contributed by atoms with E-state index >= 15 is 0 Å². The van der Waals surface area contributed by atoms with Crippen molar-refractivity contribution < 1.29 is 19.8 Å². The number of fused-ring (bicyclic) bond motifs is 2. The van der Waals surface area contributed by atoms with Gasteiger partial charge in [0.2, 0.25) is 0 Å². The normalized spacial score (nSPS) is 10.2. The molecule has 128 valence electrons. The Bertz CT molecular complexity index is 929. The van der Waals surface area contributed by atoms with E-state index in [1.807, 2.05) is 36.4 Å². The predicted molar refractivity (Wildman–Crippen MR) is 102 cm³/mol. The number of hydrogen-bond donors (Lipinski definition) is 2. The van der Waals surface area contributed by atoms with Crippen LogP contribution in [-0.2, 0) is 0 Å². The monoisotopic (exact) mass is 344 g/mol. The topological polar surface area (TPSA) is 74.6 Å². The molecule has 0 aliphatic carbocycles. The van der Waals surface area contributed by atoms with Crippen LogP contribution in [0.2, 0.25) is 0 Å². The fourth-order valence-corrected chi connectivity index (χ4v) is 2.97. The summed E-state index contributed by atoms with van der Waals surface area (Å²) >= 11 is 0. The zero-order chi connectivity index (χ0) is 18.5. The molecule has 4 aromatic rings. The van der Waals surface area contributed by atoms with Gasteiger partial charge in [0.05, 0.1) is 11.1 Å². The van der Waals surface area contributed by atoms with Gasteiger partial charge in [-0.25, -0.2) is 9.59 Å². The fraction of sp³-hybridized carbons (Fsp3) is 0. The van der Waals surface area contributed by atoms with Crippen molar-refractivity contribution in [2.45, 2.75) is 0 Å². The molecule has 4 rings (SSSR count). The van der Waals surface area contributed by atoms with Gasteiger partial charge >= 0.3 is 11.9 Å². The number of aromatic carboxylic acids is 2. The molecule has 0 heterocycles. The van der Waals surface area contributed by atoms with Gasteiger partial charge in [-0.05, 0) is 21.5 Å². The van der Waals surface area contributed by atoms with Crippen LogP contribution in [0.3, 0.4) is 0 Å². The SMILES string of the molecule is O=C(O)c1c2ccccc2c(C(=O)O)c2ccccc12.c1ccccc1. The quantitative estimate of drug-likeness (QED) is 0.498. The smallest absolute Gasteiger partial charge is 0.336 e. The van der Waals surface area contributed by atoms with Crippen molar-refractivity contribution in [3.05, 3.63) is 96.1 Å². The number of carbonyl (C=O) groups is 2. The molecule has 0 radical (unpaired) electrons. The molecule has 26 heavy (non-hydrogen) atoms. The van der Waals surface area contributed by atoms with Gasteiger partial charge in [-0.3, -0.25) is 0 Å².